The van der Waals surface area contributed by atoms with Crippen LogP contribution in [0.15, 0.2) is 45.8 Å². The predicted molar refractivity (Wildman–Crippen MR) is 91.2 cm³/mol. The van der Waals surface area contributed by atoms with Crippen molar-refractivity contribution in [2.24, 2.45) is 0 Å². The maximum absolute atomic E-state index is 12.6. The lowest BCUT2D eigenvalue weighted by Crippen LogP contribution is -2.18. The molecule has 1 heterocycles. The smallest absolute Gasteiger partial charge is 0.262 e. The molecular weight excluding hydrogens is 382 g/mol. The molecule has 0 bridgehead atoms. The van der Waals surface area contributed by atoms with Gasteiger partial charge < -0.3 is 9.84 Å². The van der Waals surface area contributed by atoms with E-state index in [9.17, 15) is 13.5 Å². The highest BCUT2D eigenvalue weighted by atomic mass is 79.9. The molecule has 122 valence electrons. The molecule has 1 aliphatic heterocycles. The first kappa shape index (κ1) is 16.3. The summed E-state index contributed by atoms with van der Waals surface area (Å²) in [5.74, 6) is 0.392. The molecule has 5 nitrogen and oxygen atoms in total. The first-order chi connectivity index (χ1) is 10.9. The number of nitrogens with one attached hydrogen (secondary N) is 1. The van der Waals surface area contributed by atoms with Gasteiger partial charge in [0.25, 0.3) is 10.0 Å². The summed E-state index contributed by atoms with van der Waals surface area (Å²) < 4.78 is 34.1. The highest BCUT2D eigenvalue weighted by Crippen LogP contribution is 2.38. The molecular formula is C16H16BrNO4S. The fourth-order valence-electron chi connectivity index (χ4n) is 2.47. The normalized spacial score (nSPS) is 17.3. The lowest BCUT2D eigenvalue weighted by atomic mass is 10.0. The van der Waals surface area contributed by atoms with E-state index in [1.807, 2.05) is 6.92 Å². The molecule has 0 aliphatic carbocycles. The number of benzene rings is 2. The number of rotatable bonds is 3. The van der Waals surface area contributed by atoms with Crippen LogP contribution >= 0.6 is 15.9 Å². The van der Waals surface area contributed by atoms with Gasteiger partial charge in [-0.05, 0) is 36.8 Å². The van der Waals surface area contributed by atoms with Gasteiger partial charge in [-0.2, -0.15) is 0 Å². The summed E-state index contributed by atoms with van der Waals surface area (Å²) in [4.78, 5) is 0.173. The molecule has 0 unspecified atom stereocenters. The van der Waals surface area contributed by atoms with Crippen LogP contribution in [0.2, 0.25) is 0 Å². The third-order valence-electron chi connectivity index (χ3n) is 3.73. The summed E-state index contributed by atoms with van der Waals surface area (Å²) >= 11 is 3.36. The van der Waals surface area contributed by atoms with Crippen LogP contribution in [0.1, 0.15) is 23.7 Å². The van der Waals surface area contributed by atoms with Crippen LogP contribution in [-0.2, 0) is 10.0 Å². The second-order valence-electron chi connectivity index (χ2n) is 5.39. The molecule has 2 aromatic carbocycles. The minimum Gasteiger partial charge on any atom is -0.491 e. The Morgan fingerprint density at radius 3 is 2.83 bits per heavy atom. The zero-order valence-electron chi connectivity index (χ0n) is 12.4. The molecule has 23 heavy (non-hydrogen) atoms. The number of aliphatic hydroxyl groups excluding tert-OH is 1. The van der Waals surface area contributed by atoms with Crippen molar-refractivity contribution in [2.75, 3.05) is 11.3 Å². The zero-order valence-corrected chi connectivity index (χ0v) is 14.8. The second kappa shape index (κ2) is 6.14. The highest BCUT2D eigenvalue weighted by molar-refractivity contribution is 9.10. The molecule has 0 fully saturated rings. The quantitative estimate of drug-likeness (QED) is 0.832. The molecule has 1 atom stereocenters. The molecule has 2 N–H and O–H groups in total. The maximum atomic E-state index is 12.6. The first-order valence-corrected chi connectivity index (χ1v) is 9.39. The standard InChI is InChI=1S/C16H16BrNO4S/c1-10-9-11(5-6-13(10)17)23(20,21)18-14-4-2-3-12-15(19)7-8-22-16(12)14/h2-6,9,15,18-19H,7-8H2,1H3/t15-/m1/s1. The summed E-state index contributed by atoms with van der Waals surface area (Å²) in [6, 6.07) is 9.88. The molecule has 2 aromatic rings. The zero-order chi connectivity index (χ0) is 16.6. The number of halogens is 1. The third kappa shape index (κ3) is 3.22. The van der Waals surface area contributed by atoms with Crippen LogP contribution in [0.25, 0.3) is 0 Å². The maximum Gasteiger partial charge on any atom is 0.262 e. The average Bonchev–Trinajstić information content (AvgIpc) is 2.51. The predicted octanol–water partition coefficient (Wildman–Crippen LogP) is 3.37. The van der Waals surface area contributed by atoms with Crippen LogP contribution in [0, 0.1) is 6.92 Å². The van der Waals surface area contributed by atoms with Crippen molar-refractivity contribution in [1.29, 1.82) is 0 Å². The second-order valence-corrected chi connectivity index (χ2v) is 7.93. The van der Waals surface area contributed by atoms with Gasteiger partial charge in [-0.3, -0.25) is 4.72 Å². The van der Waals surface area contributed by atoms with Gasteiger partial charge in [0.2, 0.25) is 0 Å². The van der Waals surface area contributed by atoms with Gasteiger partial charge in [0, 0.05) is 16.5 Å². The Balaban J connectivity index is 1.98. The van der Waals surface area contributed by atoms with Crippen molar-refractivity contribution in [1.82, 2.24) is 0 Å². The van der Waals surface area contributed by atoms with Crippen molar-refractivity contribution >= 4 is 31.6 Å². The molecule has 7 heteroatoms. The van der Waals surface area contributed by atoms with Gasteiger partial charge in [-0.1, -0.05) is 28.1 Å². The van der Waals surface area contributed by atoms with Gasteiger partial charge in [0.05, 0.1) is 23.3 Å². The van der Waals surface area contributed by atoms with Gasteiger partial charge in [-0.15, -0.1) is 0 Å². The number of sulfonamides is 1. The number of hydrogen-bond donors (Lipinski definition) is 2. The van der Waals surface area contributed by atoms with Crippen molar-refractivity contribution in [3.8, 4) is 5.75 Å². The summed E-state index contributed by atoms with van der Waals surface area (Å²) in [5.41, 5.74) is 1.76. The highest BCUT2D eigenvalue weighted by Gasteiger charge is 2.24. The number of para-hydroxylation sites is 1. The van der Waals surface area contributed by atoms with Crippen LogP contribution < -0.4 is 9.46 Å². The van der Waals surface area contributed by atoms with Crippen LogP contribution in [0.4, 0.5) is 5.69 Å². The molecule has 0 amide bonds. The Kier molecular flexibility index (Phi) is 4.35. The fourth-order valence-corrected chi connectivity index (χ4v) is 3.87. The number of aliphatic hydroxyl groups is 1. The number of anilines is 1. The van der Waals surface area contributed by atoms with E-state index in [4.69, 9.17) is 4.74 Å². The summed E-state index contributed by atoms with van der Waals surface area (Å²) in [5, 5.41) is 10.0. The minimum atomic E-state index is -3.74. The molecule has 0 saturated heterocycles. The Labute approximate surface area is 143 Å². The van der Waals surface area contributed by atoms with Crippen molar-refractivity contribution in [3.63, 3.8) is 0 Å². The van der Waals surface area contributed by atoms with E-state index >= 15 is 0 Å². The molecule has 1 aliphatic rings. The number of ether oxygens (including phenoxy) is 1. The van der Waals surface area contributed by atoms with E-state index < -0.39 is 16.1 Å². The van der Waals surface area contributed by atoms with Gasteiger partial charge in [0.1, 0.15) is 5.75 Å². The van der Waals surface area contributed by atoms with E-state index in [-0.39, 0.29) is 4.90 Å². The average molecular weight is 398 g/mol. The molecule has 0 radical (unpaired) electrons. The summed E-state index contributed by atoms with van der Waals surface area (Å²) in [7, 11) is -3.74. The molecule has 0 saturated carbocycles. The van der Waals surface area contributed by atoms with Gasteiger partial charge >= 0.3 is 0 Å². The summed E-state index contributed by atoms with van der Waals surface area (Å²) in [6.45, 7) is 2.18. The summed E-state index contributed by atoms with van der Waals surface area (Å²) in [6.07, 6.45) is -0.145. The largest absolute Gasteiger partial charge is 0.491 e. The first-order valence-electron chi connectivity index (χ1n) is 7.11. The topological polar surface area (TPSA) is 75.6 Å². The SMILES string of the molecule is Cc1cc(S(=O)(=O)Nc2cccc3c2OCC[C@H]3O)ccc1Br. The number of hydrogen-bond acceptors (Lipinski definition) is 4. The Hall–Kier alpha value is -1.57. The van der Waals surface area contributed by atoms with E-state index in [0.717, 1.165) is 10.0 Å². The van der Waals surface area contributed by atoms with Crippen molar-refractivity contribution in [3.05, 3.63) is 52.0 Å². The molecule has 3 rings (SSSR count). The van der Waals surface area contributed by atoms with Crippen molar-refractivity contribution in [2.45, 2.75) is 24.3 Å². The lowest BCUT2D eigenvalue weighted by molar-refractivity contribution is 0.116. The van der Waals surface area contributed by atoms with Gasteiger partial charge in [-0.25, -0.2) is 8.42 Å². The number of aryl methyl sites for hydroxylation is 1. The van der Waals surface area contributed by atoms with Crippen molar-refractivity contribution < 1.29 is 18.3 Å². The minimum absolute atomic E-state index is 0.173. The molecule has 0 aromatic heterocycles. The van der Waals surface area contributed by atoms with Crippen LogP contribution in [0.3, 0.4) is 0 Å². The lowest BCUT2D eigenvalue weighted by Gasteiger charge is -2.24. The molecule has 0 spiro atoms. The fraction of sp³-hybridized carbons (Fsp3) is 0.250. The van der Waals surface area contributed by atoms with E-state index in [0.29, 0.717) is 30.0 Å². The van der Waals surface area contributed by atoms with E-state index in [2.05, 4.69) is 20.7 Å². The van der Waals surface area contributed by atoms with Crippen LogP contribution in [0.5, 0.6) is 5.75 Å². The van der Waals surface area contributed by atoms with Crippen LogP contribution in [-0.4, -0.2) is 20.1 Å². The van der Waals surface area contributed by atoms with E-state index in [1.165, 1.54) is 6.07 Å². The third-order valence-corrected chi connectivity index (χ3v) is 5.98. The number of fused-ring (bicyclic) bond motifs is 1. The van der Waals surface area contributed by atoms with Gasteiger partial charge in [0.15, 0.2) is 0 Å². The Morgan fingerprint density at radius 2 is 2.09 bits per heavy atom. The Bertz CT molecular complexity index is 851. The Morgan fingerprint density at radius 1 is 1.30 bits per heavy atom. The monoisotopic (exact) mass is 397 g/mol. The van der Waals surface area contributed by atoms with E-state index in [1.54, 1.807) is 30.3 Å².